The number of imidazole rings is 1. The second kappa shape index (κ2) is 8.60. The fraction of sp³-hybridized carbons (Fsp3) is 0.652. The van der Waals surface area contributed by atoms with E-state index in [-0.39, 0.29) is 18.6 Å². The summed E-state index contributed by atoms with van der Waals surface area (Å²) < 4.78 is 48.9. The van der Waals surface area contributed by atoms with Crippen molar-refractivity contribution in [2.24, 2.45) is 24.8 Å². The van der Waals surface area contributed by atoms with Crippen molar-refractivity contribution in [3.8, 4) is 0 Å². The van der Waals surface area contributed by atoms with E-state index < -0.39 is 11.7 Å². The zero-order valence-corrected chi connectivity index (χ0v) is 18.4. The highest BCUT2D eigenvalue weighted by Gasteiger charge is 2.35. The van der Waals surface area contributed by atoms with Crippen LogP contribution in [0.4, 0.5) is 13.2 Å². The first-order valence-electron chi connectivity index (χ1n) is 10.8. The summed E-state index contributed by atoms with van der Waals surface area (Å²) in [7, 11) is 1.74. The van der Waals surface area contributed by atoms with E-state index in [0.29, 0.717) is 35.2 Å². The largest absolute Gasteiger partial charge is 0.459 e. The number of hydrogen-bond donors (Lipinski definition) is 0. The third-order valence-electron chi connectivity index (χ3n) is 6.50. The number of aryl methyl sites for hydroxylation is 1. The summed E-state index contributed by atoms with van der Waals surface area (Å²) in [5, 5.41) is 0. The monoisotopic (exact) mass is 425 g/mol. The van der Waals surface area contributed by atoms with E-state index in [4.69, 9.17) is 4.74 Å². The number of rotatable bonds is 5. The molecule has 1 aromatic carbocycles. The number of fused-ring (bicyclic) bond motifs is 1. The average molecular weight is 426 g/mol. The zero-order chi connectivity index (χ0) is 22.2. The number of carbonyl (C=O) groups is 1. The van der Waals surface area contributed by atoms with Crippen molar-refractivity contribution in [2.75, 3.05) is 0 Å². The van der Waals surface area contributed by atoms with Gasteiger partial charge in [0.2, 0.25) is 0 Å². The van der Waals surface area contributed by atoms with Gasteiger partial charge in [-0.25, -0.2) is 13.9 Å². The van der Waals surface area contributed by atoms with E-state index in [1.54, 1.807) is 16.2 Å². The van der Waals surface area contributed by atoms with Gasteiger partial charge in [-0.3, -0.25) is 0 Å². The van der Waals surface area contributed by atoms with Crippen molar-refractivity contribution in [3.05, 3.63) is 29.6 Å². The Morgan fingerprint density at radius 3 is 2.60 bits per heavy atom. The summed E-state index contributed by atoms with van der Waals surface area (Å²) in [4.78, 5) is 12.9. The lowest BCUT2D eigenvalue weighted by molar-refractivity contribution is -0.668. The molecule has 0 aliphatic heterocycles. The molecule has 30 heavy (non-hydrogen) atoms. The minimum absolute atomic E-state index is 0.00156. The summed E-state index contributed by atoms with van der Waals surface area (Å²) in [5.74, 6) is 1.77. The Morgan fingerprint density at radius 2 is 2.00 bits per heavy atom. The first-order chi connectivity index (χ1) is 14.0. The number of hydrogen-bond acceptors (Lipinski definition) is 2. The number of halogens is 3. The molecule has 0 N–H and O–H groups in total. The van der Waals surface area contributed by atoms with Crippen molar-refractivity contribution in [2.45, 2.75) is 72.2 Å². The van der Waals surface area contributed by atoms with Gasteiger partial charge < -0.3 is 4.74 Å². The lowest BCUT2D eigenvalue weighted by Crippen LogP contribution is -2.44. The van der Waals surface area contributed by atoms with Crippen LogP contribution in [-0.4, -0.2) is 16.6 Å². The number of aromatic nitrogens is 2. The predicted molar refractivity (Wildman–Crippen MR) is 109 cm³/mol. The number of carbonyl (C=O) groups excluding carboxylic acids is 1. The van der Waals surface area contributed by atoms with Crippen LogP contribution in [0.15, 0.2) is 18.2 Å². The fourth-order valence-electron chi connectivity index (χ4n) is 4.85. The van der Waals surface area contributed by atoms with Crippen LogP contribution in [0.5, 0.6) is 0 Å². The van der Waals surface area contributed by atoms with Gasteiger partial charge in [-0.15, -0.1) is 0 Å². The number of ether oxygens (including phenoxy) is 1. The van der Waals surface area contributed by atoms with Crippen LogP contribution < -0.4 is 4.57 Å². The summed E-state index contributed by atoms with van der Waals surface area (Å²) >= 11 is 0. The van der Waals surface area contributed by atoms with Crippen LogP contribution >= 0.6 is 0 Å². The van der Waals surface area contributed by atoms with E-state index >= 15 is 0 Å². The van der Waals surface area contributed by atoms with E-state index in [2.05, 4.69) is 20.8 Å². The molecule has 2 aromatic rings. The normalized spacial score (nSPS) is 22.6. The lowest BCUT2D eigenvalue weighted by Gasteiger charge is -2.36. The minimum Gasteiger partial charge on any atom is -0.459 e. The predicted octanol–water partition coefficient (Wildman–Crippen LogP) is 5.05. The van der Waals surface area contributed by atoms with Gasteiger partial charge in [0.05, 0.1) is 12.6 Å². The molecule has 1 saturated carbocycles. The molecule has 4 nitrogen and oxygen atoms in total. The van der Waals surface area contributed by atoms with E-state index in [0.717, 1.165) is 37.2 Å². The fourth-order valence-corrected chi connectivity index (χ4v) is 4.85. The molecule has 0 spiro atoms. The van der Waals surface area contributed by atoms with E-state index in [1.165, 1.54) is 6.07 Å². The van der Waals surface area contributed by atoms with Crippen LogP contribution in [0.25, 0.3) is 11.0 Å². The maximum absolute atomic E-state index is 13.2. The average Bonchev–Trinajstić information content (AvgIpc) is 2.91. The number of alkyl halides is 3. The van der Waals surface area contributed by atoms with Gasteiger partial charge in [-0.05, 0) is 42.7 Å². The number of benzene rings is 1. The molecular formula is C23H32F3N2O2+. The highest BCUT2D eigenvalue weighted by atomic mass is 19.4. The van der Waals surface area contributed by atoms with Crippen LogP contribution in [0.3, 0.4) is 0 Å². The number of nitrogens with zero attached hydrogens (tertiary/aromatic N) is 2. The second-order valence-corrected chi connectivity index (χ2v) is 8.97. The SMILES string of the molecule is CCc1n(C)c2cc(C(F)(F)F)ccc2[n+]1CC(=O)O[C@@H]1C[C@H](C)CC[C@H]1C(C)C. The third kappa shape index (κ3) is 4.49. The molecule has 1 heterocycles. The van der Waals surface area contributed by atoms with Crippen LogP contribution in [0.1, 0.15) is 58.3 Å². The van der Waals surface area contributed by atoms with Crippen molar-refractivity contribution >= 4 is 17.0 Å². The van der Waals surface area contributed by atoms with Crippen LogP contribution in [0.2, 0.25) is 0 Å². The first-order valence-corrected chi connectivity index (χ1v) is 10.8. The maximum Gasteiger partial charge on any atom is 0.416 e. The van der Waals surface area contributed by atoms with E-state index in [9.17, 15) is 18.0 Å². The Hall–Kier alpha value is -2.05. The standard InChI is InChI=1S/C23H32F3N2O2/c1-6-21-27(5)19-12-16(23(24,25)26)8-10-18(19)28(21)13-22(29)30-20-11-15(4)7-9-17(20)14(2)3/h8,10,12,14-15,17,20H,6-7,9,11,13H2,1-5H3/q+1/t15-,17+,20-/m1/s1. The quantitative estimate of drug-likeness (QED) is 0.496. The van der Waals surface area contributed by atoms with Gasteiger partial charge in [-0.1, -0.05) is 34.1 Å². The van der Waals surface area contributed by atoms with Crippen molar-refractivity contribution in [3.63, 3.8) is 0 Å². The van der Waals surface area contributed by atoms with Crippen LogP contribution in [-0.2, 0) is 35.7 Å². The van der Waals surface area contributed by atoms with Crippen molar-refractivity contribution in [1.82, 2.24) is 4.57 Å². The maximum atomic E-state index is 13.2. The molecular weight excluding hydrogens is 393 g/mol. The molecule has 3 atom stereocenters. The van der Waals surface area contributed by atoms with Gasteiger partial charge in [0.1, 0.15) is 6.10 Å². The second-order valence-electron chi connectivity index (χ2n) is 8.97. The Labute approximate surface area is 176 Å². The molecule has 0 amide bonds. The van der Waals surface area contributed by atoms with Gasteiger partial charge in [0.15, 0.2) is 17.6 Å². The molecule has 1 aromatic heterocycles. The molecule has 166 valence electrons. The van der Waals surface area contributed by atoms with Gasteiger partial charge in [0, 0.05) is 12.5 Å². The third-order valence-corrected chi connectivity index (χ3v) is 6.50. The highest BCUT2D eigenvalue weighted by Crippen LogP contribution is 2.35. The highest BCUT2D eigenvalue weighted by molar-refractivity contribution is 5.75. The Kier molecular flexibility index (Phi) is 6.48. The zero-order valence-electron chi connectivity index (χ0n) is 18.4. The molecule has 0 radical (unpaired) electrons. The summed E-state index contributed by atoms with van der Waals surface area (Å²) in [6.07, 6.45) is -0.842. The molecule has 3 rings (SSSR count). The molecule has 0 saturated heterocycles. The molecule has 0 bridgehead atoms. The van der Waals surface area contributed by atoms with Gasteiger partial charge in [0.25, 0.3) is 5.82 Å². The Balaban J connectivity index is 1.88. The molecule has 1 aliphatic carbocycles. The summed E-state index contributed by atoms with van der Waals surface area (Å²) in [6, 6.07) is 3.67. The van der Waals surface area contributed by atoms with Crippen molar-refractivity contribution in [1.29, 1.82) is 0 Å². The van der Waals surface area contributed by atoms with Gasteiger partial charge >= 0.3 is 12.1 Å². The lowest BCUT2D eigenvalue weighted by atomic mass is 9.75. The summed E-state index contributed by atoms with van der Waals surface area (Å²) in [5.41, 5.74) is 0.376. The Morgan fingerprint density at radius 1 is 1.30 bits per heavy atom. The number of esters is 1. The van der Waals surface area contributed by atoms with Gasteiger partial charge in [-0.2, -0.15) is 13.2 Å². The summed E-state index contributed by atoms with van der Waals surface area (Å²) in [6.45, 7) is 8.44. The van der Waals surface area contributed by atoms with Crippen LogP contribution in [0, 0.1) is 17.8 Å². The molecule has 7 heteroatoms. The minimum atomic E-state index is -4.40. The topological polar surface area (TPSA) is 35.1 Å². The first kappa shape index (κ1) is 22.6. The molecule has 0 unspecified atom stereocenters. The molecule has 1 fully saturated rings. The van der Waals surface area contributed by atoms with Crippen molar-refractivity contribution < 1.29 is 27.3 Å². The van der Waals surface area contributed by atoms with E-state index in [1.807, 2.05) is 6.92 Å². The smallest absolute Gasteiger partial charge is 0.416 e. The molecule has 1 aliphatic rings. The Bertz CT molecular complexity index is 917.